The highest BCUT2D eigenvalue weighted by Crippen LogP contribution is 2.25. The number of piperidine rings is 1. The summed E-state index contributed by atoms with van der Waals surface area (Å²) in [6.45, 7) is 6.47. The zero-order valence-electron chi connectivity index (χ0n) is 17.9. The Morgan fingerprint density at radius 2 is 1.40 bits per heavy atom. The highest BCUT2D eigenvalue weighted by Gasteiger charge is 2.31. The Morgan fingerprint density at radius 1 is 0.833 bits per heavy atom. The fraction of sp³-hybridized carbons (Fsp3) is 0.609. The topological polar surface area (TPSA) is 73.0 Å². The van der Waals surface area contributed by atoms with E-state index in [9.17, 15) is 14.4 Å². The van der Waals surface area contributed by atoms with Crippen LogP contribution in [-0.2, 0) is 4.79 Å². The quantitative estimate of drug-likeness (QED) is 0.829. The maximum Gasteiger partial charge on any atom is 0.319 e. The Kier molecular flexibility index (Phi) is 6.25. The predicted octanol–water partition coefficient (Wildman–Crippen LogP) is 3.10. The van der Waals surface area contributed by atoms with Crippen molar-refractivity contribution in [1.82, 2.24) is 14.7 Å². The van der Waals surface area contributed by atoms with Crippen LogP contribution in [0.2, 0.25) is 0 Å². The lowest BCUT2D eigenvalue weighted by Crippen LogP contribution is -2.47. The lowest BCUT2D eigenvalue weighted by atomic mass is 9.95. The summed E-state index contributed by atoms with van der Waals surface area (Å²) in [5, 5.41) is 3.04. The van der Waals surface area contributed by atoms with E-state index in [1.165, 1.54) is 0 Å². The molecule has 1 N–H and O–H groups in total. The number of likely N-dealkylation sites (tertiary alicyclic amines) is 3. The van der Waals surface area contributed by atoms with Crippen molar-refractivity contribution in [1.29, 1.82) is 0 Å². The molecule has 7 nitrogen and oxygen atoms in total. The van der Waals surface area contributed by atoms with Crippen LogP contribution in [0, 0.1) is 12.8 Å². The molecule has 4 rings (SSSR count). The van der Waals surface area contributed by atoms with Crippen LogP contribution >= 0.6 is 0 Å². The van der Waals surface area contributed by atoms with E-state index in [1.54, 1.807) is 0 Å². The molecule has 0 radical (unpaired) electrons. The molecule has 3 aliphatic rings. The molecule has 3 aliphatic heterocycles. The van der Waals surface area contributed by atoms with Crippen molar-refractivity contribution in [2.45, 2.75) is 45.4 Å². The van der Waals surface area contributed by atoms with E-state index >= 15 is 0 Å². The standard InChI is InChI=1S/C23H32N4O3/c1-17-19(22(29)25-11-2-3-12-25)7-6-8-20(17)24-21(28)18-9-15-27(16-10-18)23(30)26-13-4-5-14-26/h6-8,18H,2-5,9-16H2,1H3,(H,24,28). The van der Waals surface area contributed by atoms with Crippen LogP contribution in [0.1, 0.15) is 54.4 Å². The first kappa shape index (κ1) is 20.7. The molecule has 162 valence electrons. The molecule has 7 heteroatoms. The van der Waals surface area contributed by atoms with Gasteiger partial charge in [-0.15, -0.1) is 0 Å². The van der Waals surface area contributed by atoms with Crippen LogP contribution in [0.4, 0.5) is 10.5 Å². The zero-order chi connectivity index (χ0) is 21.1. The Bertz CT molecular complexity index is 805. The first-order valence-electron chi connectivity index (χ1n) is 11.3. The number of hydrogen-bond acceptors (Lipinski definition) is 3. The van der Waals surface area contributed by atoms with Gasteiger partial charge in [0.05, 0.1) is 0 Å². The van der Waals surface area contributed by atoms with Crippen molar-refractivity contribution >= 4 is 23.5 Å². The van der Waals surface area contributed by atoms with E-state index < -0.39 is 0 Å². The van der Waals surface area contributed by atoms with Crippen molar-refractivity contribution in [3.05, 3.63) is 29.3 Å². The number of anilines is 1. The first-order valence-corrected chi connectivity index (χ1v) is 11.3. The smallest absolute Gasteiger partial charge is 0.319 e. The maximum atomic E-state index is 12.9. The van der Waals surface area contributed by atoms with Gasteiger partial charge >= 0.3 is 6.03 Å². The molecule has 1 aromatic rings. The van der Waals surface area contributed by atoms with Gasteiger partial charge in [0, 0.05) is 56.4 Å². The number of carbonyl (C=O) groups excluding carboxylic acids is 3. The summed E-state index contributed by atoms with van der Waals surface area (Å²) in [6, 6.07) is 5.66. The monoisotopic (exact) mass is 412 g/mol. The molecular formula is C23H32N4O3. The van der Waals surface area contributed by atoms with Crippen molar-refractivity contribution in [3.8, 4) is 0 Å². The second kappa shape index (κ2) is 9.06. The predicted molar refractivity (Wildman–Crippen MR) is 115 cm³/mol. The minimum Gasteiger partial charge on any atom is -0.339 e. The molecule has 4 amide bonds. The molecule has 0 saturated carbocycles. The molecule has 0 atom stereocenters. The minimum absolute atomic E-state index is 0.0165. The van der Waals surface area contributed by atoms with E-state index in [0.29, 0.717) is 37.2 Å². The Morgan fingerprint density at radius 3 is 2.03 bits per heavy atom. The maximum absolute atomic E-state index is 12.9. The van der Waals surface area contributed by atoms with Crippen LogP contribution in [-0.4, -0.2) is 71.8 Å². The third-order valence-corrected chi connectivity index (χ3v) is 6.73. The van der Waals surface area contributed by atoms with E-state index in [-0.39, 0.29) is 23.8 Å². The molecule has 0 aromatic heterocycles. The number of rotatable bonds is 3. The van der Waals surface area contributed by atoms with Gasteiger partial charge in [-0.2, -0.15) is 0 Å². The molecule has 3 fully saturated rings. The van der Waals surface area contributed by atoms with Crippen LogP contribution < -0.4 is 5.32 Å². The molecule has 0 unspecified atom stereocenters. The van der Waals surface area contributed by atoms with Gasteiger partial charge in [-0.25, -0.2) is 4.79 Å². The van der Waals surface area contributed by atoms with Crippen LogP contribution in [0.3, 0.4) is 0 Å². The molecular weight excluding hydrogens is 380 g/mol. The van der Waals surface area contributed by atoms with E-state index in [4.69, 9.17) is 0 Å². The third-order valence-electron chi connectivity index (χ3n) is 6.73. The number of hydrogen-bond donors (Lipinski definition) is 1. The van der Waals surface area contributed by atoms with Crippen LogP contribution in [0.5, 0.6) is 0 Å². The first-order chi connectivity index (χ1) is 14.5. The minimum atomic E-state index is -0.107. The van der Waals surface area contributed by atoms with Crippen LogP contribution in [0.15, 0.2) is 18.2 Å². The number of carbonyl (C=O) groups is 3. The van der Waals surface area contributed by atoms with Crippen LogP contribution in [0.25, 0.3) is 0 Å². The largest absolute Gasteiger partial charge is 0.339 e. The van der Waals surface area contributed by atoms with Crippen molar-refractivity contribution < 1.29 is 14.4 Å². The molecule has 1 aromatic carbocycles. The lowest BCUT2D eigenvalue weighted by Gasteiger charge is -2.34. The Labute approximate surface area is 178 Å². The highest BCUT2D eigenvalue weighted by atomic mass is 16.2. The molecule has 0 bridgehead atoms. The number of urea groups is 1. The molecule has 3 heterocycles. The van der Waals surface area contributed by atoms with Crippen molar-refractivity contribution in [3.63, 3.8) is 0 Å². The zero-order valence-corrected chi connectivity index (χ0v) is 17.9. The summed E-state index contributed by atoms with van der Waals surface area (Å²) in [6.07, 6.45) is 5.64. The fourth-order valence-electron chi connectivity index (χ4n) is 4.77. The summed E-state index contributed by atoms with van der Waals surface area (Å²) >= 11 is 0. The van der Waals surface area contributed by atoms with E-state index in [0.717, 1.165) is 57.4 Å². The SMILES string of the molecule is Cc1c(NC(=O)C2CCN(C(=O)N3CCCC3)CC2)cccc1C(=O)N1CCCC1. The number of benzene rings is 1. The Hall–Kier alpha value is -2.57. The molecule has 30 heavy (non-hydrogen) atoms. The number of nitrogens with one attached hydrogen (secondary N) is 1. The van der Waals surface area contributed by atoms with Gasteiger partial charge < -0.3 is 20.0 Å². The van der Waals surface area contributed by atoms with Gasteiger partial charge in [0.2, 0.25) is 5.91 Å². The van der Waals surface area contributed by atoms with E-state index in [2.05, 4.69) is 5.32 Å². The lowest BCUT2D eigenvalue weighted by molar-refractivity contribution is -0.121. The summed E-state index contributed by atoms with van der Waals surface area (Å²) < 4.78 is 0. The number of amides is 4. The second-order valence-corrected chi connectivity index (χ2v) is 8.70. The molecule has 0 spiro atoms. The summed E-state index contributed by atoms with van der Waals surface area (Å²) in [7, 11) is 0. The Balaban J connectivity index is 1.34. The summed E-state index contributed by atoms with van der Waals surface area (Å²) in [5.74, 6) is -0.0723. The fourth-order valence-corrected chi connectivity index (χ4v) is 4.77. The molecule has 3 saturated heterocycles. The normalized spacial score (nSPS) is 20.0. The molecule has 0 aliphatic carbocycles. The second-order valence-electron chi connectivity index (χ2n) is 8.70. The average molecular weight is 413 g/mol. The third kappa shape index (κ3) is 4.30. The van der Waals surface area contributed by atoms with E-state index in [1.807, 2.05) is 39.8 Å². The van der Waals surface area contributed by atoms with Crippen molar-refractivity contribution in [2.75, 3.05) is 44.6 Å². The van der Waals surface area contributed by atoms with Gasteiger partial charge in [-0.1, -0.05) is 6.07 Å². The number of nitrogens with zero attached hydrogens (tertiary/aromatic N) is 3. The van der Waals surface area contributed by atoms with Gasteiger partial charge in [0.15, 0.2) is 0 Å². The summed E-state index contributed by atoms with van der Waals surface area (Å²) in [5.41, 5.74) is 2.20. The van der Waals surface area contributed by atoms with Gasteiger partial charge in [0.1, 0.15) is 0 Å². The van der Waals surface area contributed by atoms with Crippen molar-refractivity contribution in [2.24, 2.45) is 5.92 Å². The van der Waals surface area contributed by atoms with Gasteiger partial charge in [-0.3, -0.25) is 9.59 Å². The van der Waals surface area contributed by atoms with Gasteiger partial charge in [0.25, 0.3) is 5.91 Å². The van der Waals surface area contributed by atoms with Gasteiger partial charge in [-0.05, 0) is 63.1 Å². The average Bonchev–Trinajstić information content (AvgIpc) is 3.49. The summed E-state index contributed by atoms with van der Waals surface area (Å²) in [4.78, 5) is 43.9. The highest BCUT2D eigenvalue weighted by molar-refractivity contribution is 6.00.